The molecule has 0 spiro atoms. The molecule has 24 valence electrons. The van der Waals surface area contributed by atoms with Crippen molar-refractivity contribution in [2.75, 3.05) is 0 Å². The van der Waals surface area contributed by atoms with E-state index in [0.717, 1.165) is 0 Å². The van der Waals surface area contributed by atoms with Crippen LogP contribution in [0, 0.1) is 0 Å². The van der Waals surface area contributed by atoms with Crippen molar-refractivity contribution >= 4 is 137 Å². The van der Waals surface area contributed by atoms with Crippen molar-refractivity contribution in [3.05, 3.63) is 0 Å². The molecular weight excluding hydrogens is 607 g/mol. The largest absolute Gasteiger partial charge is 0 e. The van der Waals surface area contributed by atoms with E-state index in [9.17, 15) is 0 Å². The van der Waals surface area contributed by atoms with Crippen LogP contribution in [0.15, 0.2) is 0 Å². The SMILES string of the molecule is [Bi].[Ca].[Cu].[Pb].[Sr]. The van der Waals surface area contributed by atoms with Gasteiger partial charge in [-0.05, 0) is 0 Å². The Kier molecular flexibility index (Phi) is 148. The standard InChI is InChI=1S/Bi.Ca.Cu.Pb.Sr. The summed E-state index contributed by atoms with van der Waals surface area (Å²) in [5.41, 5.74) is 0. The first-order valence-electron chi connectivity index (χ1n) is 0. The van der Waals surface area contributed by atoms with E-state index in [0.29, 0.717) is 0 Å². The van der Waals surface area contributed by atoms with Gasteiger partial charge in [0.2, 0.25) is 0 Å². The quantitative estimate of drug-likeness (QED) is 0.294. The zero-order chi connectivity index (χ0) is 0. The molecule has 0 rings (SSSR count). The molecule has 0 saturated heterocycles. The van der Waals surface area contributed by atoms with Gasteiger partial charge in [-0.15, -0.1) is 0 Å². The molecule has 0 heterocycles. The summed E-state index contributed by atoms with van der Waals surface area (Å²) in [6.07, 6.45) is 0. The van der Waals surface area contributed by atoms with E-state index in [1.54, 1.807) is 0 Å². The van der Waals surface area contributed by atoms with Crippen LogP contribution in [0.4, 0.5) is 0 Å². The molecule has 0 unspecified atom stereocenters. The van der Waals surface area contributed by atoms with E-state index in [-0.39, 0.29) is 154 Å². The summed E-state index contributed by atoms with van der Waals surface area (Å²) in [4.78, 5) is 0. The molecule has 0 bridgehead atoms. The van der Waals surface area contributed by atoms with Gasteiger partial charge in [-0.3, -0.25) is 0 Å². The van der Waals surface area contributed by atoms with Crippen LogP contribution in [0.1, 0.15) is 0 Å². The minimum absolute atomic E-state index is 0. The van der Waals surface area contributed by atoms with Gasteiger partial charge in [-0.1, -0.05) is 0 Å². The van der Waals surface area contributed by atoms with Gasteiger partial charge >= 0.3 is 0 Å². The van der Waals surface area contributed by atoms with Crippen LogP contribution >= 0.6 is 0 Å². The maximum Gasteiger partial charge on any atom is 0 e. The molecular formula is BiCaCuPbSr. The number of hydrogen-bond acceptors (Lipinski definition) is 0. The van der Waals surface area contributed by atoms with Crippen LogP contribution in [-0.2, 0) is 17.1 Å². The van der Waals surface area contributed by atoms with Crippen LogP contribution in [0.3, 0.4) is 0 Å². The Morgan fingerprint density at radius 2 is 1.00 bits per heavy atom. The number of rotatable bonds is 0. The summed E-state index contributed by atoms with van der Waals surface area (Å²) in [6, 6.07) is 0. The van der Waals surface area contributed by atoms with Gasteiger partial charge in [0.15, 0.2) is 0 Å². The van der Waals surface area contributed by atoms with Crippen molar-refractivity contribution in [2.45, 2.75) is 0 Å². The Morgan fingerprint density at radius 1 is 1.00 bits per heavy atom. The van der Waals surface area contributed by atoms with E-state index in [4.69, 9.17) is 0 Å². The minimum atomic E-state index is 0. The molecule has 5 heavy (non-hydrogen) atoms. The summed E-state index contributed by atoms with van der Waals surface area (Å²) >= 11 is 0. The smallest absolute Gasteiger partial charge is 0 e. The molecule has 0 aliphatic carbocycles. The van der Waals surface area contributed by atoms with E-state index in [1.807, 2.05) is 0 Å². The van der Waals surface area contributed by atoms with E-state index >= 15 is 0 Å². The fourth-order valence-corrected chi connectivity index (χ4v) is 0. The number of hydrogen-bond donors (Lipinski definition) is 0. The molecule has 0 atom stereocenters. The zero-order valence-corrected chi connectivity index (χ0v) is 16.7. The van der Waals surface area contributed by atoms with Crippen molar-refractivity contribution < 1.29 is 17.1 Å². The third-order valence-electron chi connectivity index (χ3n) is 0. The van der Waals surface area contributed by atoms with Crippen molar-refractivity contribution in [2.24, 2.45) is 0 Å². The minimum Gasteiger partial charge on any atom is 0 e. The van der Waals surface area contributed by atoms with Gasteiger partial charge in [0.25, 0.3) is 0 Å². The predicted octanol–water partition coefficient (Wildman–Crippen LogP) is -1.53. The first-order chi connectivity index (χ1) is 0. The Labute approximate surface area is 149 Å². The fraction of sp³-hybridized carbons (Fsp3) is 0. The maximum absolute atomic E-state index is 0. The molecule has 0 N–H and O–H groups in total. The molecule has 0 amide bonds. The van der Waals surface area contributed by atoms with Gasteiger partial charge in [0.05, 0.1) is 0 Å². The van der Waals surface area contributed by atoms with Crippen molar-refractivity contribution in [1.82, 2.24) is 0 Å². The second kappa shape index (κ2) is 23.0. The summed E-state index contributed by atoms with van der Waals surface area (Å²) in [7, 11) is 0. The fourth-order valence-electron chi connectivity index (χ4n) is 0. The van der Waals surface area contributed by atoms with Gasteiger partial charge in [0, 0.05) is 154 Å². The normalized spacial score (nSPS) is 0. The summed E-state index contributed by atoms with van der Waals surface area (Å²) in [5.74, 6) is 0. The van der Waals surface area contributed by atoms with Crippen LogP contribution in [0.5, 0.6) is 0 Å². The Hall–Kier alpha value is 5.06. The second-order valence-corrected chi connectivity index (χ2v) is 0. The first kappa shape index (κ1) is 32.2. The monoisotopic (exact) mass is 608 g/mol. The van der Waals surface area contributed by atoms with Crippen LogP contribution in [0.2, 0.25) is 0 Å². The van der Waals surface area contributed by atoms with Crippen LogP contribution in [-0.4, -0.2) is 137 Å². The average molecular weight is 607 g/mol. The summed E-state index contributed by atoms with van der Waals surface area (Å²) < 4.78 is 0. The second-order valence-electron chi connectivity index (χ2n) is 0. The molecule has 0 aromatic carbocycles. The van der Waals surface area contributed by atoms with E-state index < -0.39 is 0 Å². The molecule has 0 saturated carbocycles. The van der Waals surface area contributed by atoms with Crippen molar-refractivity contribution in [3.63, 3.8) is 0 Å². The van der Waals surface area contributed by atoms with Gasteiger partial charge in [0.1, 0.15) is 0 Å². The van der Waals surface area contributed by atoms with Crippen molar-refractivity contribution in [3.8, 4) is 0 Å². The van der Waals surface area contributed by atoms with Crippen LogP contribution < -0.4 is 0 Å². The molecule has 0 aliphatic rings. The van der Waals surface area contributed by atoms with Crippen LogP contribution in [0.25, 0.3) is 0 Å². The van der Waals surface area contributed by atoms with Crippen molar-refractivity contribution in [1.29, 1.82) is 0 Å². The third kappa shape index (κ3) is 17.6. The van der Waals surface area contributed by atoms with Gasteiger partial charge in [-0.25, -0.2) is 0 Å². The molecule has 12 radical (unpaired) electrons. The summed E-state index contributed by atoms with van der Waals surface area (Å²) in [5, 5.41) is 0. The average Bonchev–Trinajstić information content (AvgIpc) is 0. The maximum atomic E-state index is 0. The molecule has 0 fully saturated rings. The van der Waals surface area contributed by atoms with Gasteiger partial charge in [-0.2, -0.15) is 0 Å². The molecule has 0 aromatic rings. The van der Waals surface area contributed by atoms with E-state index in [2.05, 4.69) is 0 Å². The molecule has 0 nitrogen and oxygen atoms in total. The predicted molar refractivity (Wildman–Crippen MR) is 23.0 cm³/mol. The third-order valence-corrected chi connectivity index (χ3v) is 0. The molecule has 0 aliphatic heterocycles. The Bertz CT molecular complexity index is 11.6. The van der Waals surface area contributed by atoms with E-state index in [1.165, 1.54) is 0 Å². The Morgan fingerprint density at radius 3 is 1.00 bits per heavy atom. The van der Waals surface area contributed by atoms with Gasteiger partial charge < -0.3 is 0 Å². The molecule has 0 aromatic heterocycles. The zero-order valence-electron chi connectivity index (χ0n) is 2.66. The Balaban J connectivity index is 0. The topological polar surface area (TPSA) is 0 Å². The summed E-state index contributed by atoms with van der Waals surface area (Å²) in [6.45, 7) is 0. The first-order valence-corrected chi connectivity index (χ1v) is 0. The molecule has 5 heteroatoms.